The van der Waals surface area contributed by atoms with Crippen molar-refractivity contribution in [2.75, 3.05) is 0 Å². The molecule has 2 rings (SSSR count). The van der Waals surface area contributed by atoms with Crippen molar-refractivity contribution in [3.63, 3.8) is 0 Å². The standard InChI is InChI=1S/C8H14OS/c9-6-3-1-2-4-7-8(5-6)10-7/h6-9H,1-5H2/t6-,7+,8-/m1/s1. The Bertz CT molecular complexity index is 126. The molecule has 2 heteroatoms. The fourth-order valence-electron chi connectivity index (χ4n) is 1.75. The van der Waals surface area contributed by atoms with Crippen LogP contribution in [0.2, 0.25) is 0 Å². The lowest BCUT2D eigenvalue weighted by Crippen LogP contribution is -2.13. The van der Waals surface area contributed by atoms with Crippen LogP contribution in [0.25, 0.3) is 0 Å². The number of aliphatic hydroxyl groups excluding tert-OH is 1. The molecular formula is C8H14OS. The number of hydrogen-bond acceptors (Lipinski definition) is 2. The molecule has 1 aliphatic carbocycles. The summed E-state index contributed by atoms with van der Waals surface area (Å²) >= 11 is 2.07. The highest BCUT2D eigenvalue weighted by Crippen LogP contribution is 2.48. The molecular weight excluding hydrogens is 144 g/mol. The predicted molar refractivity (Wildman–Crippen MR) is 44.3 cm³/mol. The molecule has 0 aromatic carbocycles. The molecule has 0 aromatic rings. The molecule has 0 unspecified atom stereocenters. The van der Waals surface area contributed by atoms with E-state index in [1.54, 1.807) is 0 Å². The first-order valence-electron chi connectivity index (χ1n) is 4.20. The summed E-state index contributed by atoms with van der Waals surface area (Å²) in [6.45, 7) is 0. The Morgan fingerprint density at radius 1 is 1.10 bits per heavy atom. The molecule has 0 bridgehead atoms. The van der Waals surface area contributed by atoms with Gasteiger partial charge in [-0.3, -0.25) is 0 Å². The summed E-state index contributed by atoms with van der Waals surface area (Å²) in [5.74, 6) is 0. The molecule has 1 heterocycles. The monoisotopic (exact) mass is 158 g/mol. The third-order valence-corrected chi connectivity index (χ3v) is 3.94. The molecule has 0 aromatic heterocycles. The fourth-order valence-corrected chi connectivity index (χ4v) is 2.99. The Kier molecular flexibility index (Phi) is 1.92. The second-order valence-corrected chi connectivity index (χ2v) is 4.87. The van der Waals surface area contributed by atoms with Crippen LogP contribution >= 0.6 is 11.8 Å². The van der Waals surface area contributed by atoms with Crippen LogP contribution in [0.15, 0.2) is 0 Å². The van der Waals surface area contributed by atoms with Gasteiger partial charge in [0.05, 0.1) is 6.10 Å². The van der Waals surface area contributed by atoms with Crippen LogP contribution < -0.4 is 0 Å². The van der Waals surface area contributed by atoms with Gasteiger partial charge in [-0.2, -0.15) is 11.8 Å². The molecule has 58 valence electrons. The molecule has 2 fully saturated rings. The molecule has 0 amide bonds. The van der Waals surface area contributed by atoms with E-state index in [-0.39, 0.29) is 6.10 Å². The van der Waals surface area contributed by atoms with E-state index in [9.17, 15) is 5.11 Å². The van der Waals surface area contributed by atoms with Gasteiger partial charge in [-0.1, -0.05) is 12.8 Å². The van der Waals surface area contributed by atoms with Crippen molar-refractivity contribution in [3.8, 4) is 0 Å². The number of thioether (sulfide) groups is 1. The first kappa shape index (κ1) is 6.99. The van der Waals surface area contributed by atoms with E-state index in [4.69, 9.17) is 0 Å². The van der Waals surface area contributed by atoms with Gasteiger partial charge in [-0.05, 0) is 19.3 Å². The van der Waals surface area contributed by atoms with Crippen LogP contribution in [0, 0.1) is 0 Å². The van der Waals surface area contributed by atoms with Crippen molar-refractivity contribution >= 4 is 11.8 Å². The largest absolute Gasteiger partial charge is 0.393 e. The van der Waals surface area contributed by atoms with Crippen LogP contribution in [0.1, 0.15) is 32.1 Å². The summed E-state index contributed by atoms with van der Waals surface area (Å²) < 4.78 is 0. The Morgan fingerprint density at radius 3 is 2.80 bits per heavy atom. The molecule has 10 heavy (non-hydrogen) atoms. The highest BCUT2D eigenvalue weighted by atomic mass is 32.2. The van der Waals surface area contributed by atoms with Gasteiger partial charge in [0.2, 0.25) is 0 Å². The van der Waals surface area contributed by atoms with Crippen LogP contribution in [0.5, 0.6) is 0 Å². The molecule has 2 aliphatic rings. The van der Waals surface area contributed by atoms with Gasteiger partial charge < -0.3 is 5.11 Å². The summed E-state index contributed by atoms with van der Waals surface area (Å²) in [6.07, 6.45) is 6.11. The highest BCUT2D eigenvalue weighted by Gasteiger charge is 2.39. The maximum atomic E-state index is 9.40. The van der Waals surface area contributed by atoms with Gasteiger partial charge >= 0.3 is 0 Å². The first-order chi connectivity index (χ1) is 4.86. The van der Waals surface area contributed by atoms with Gasteiger partial charge in [-0.15, -0.1) is 0 Å². The summed E-state index contributed by atoms with van der Waals surface area (Å²) in [5, 5.41) is 11.2. The van der Waals surface area contributed by atoms with Crippen LogP contribution in [0.4, 0.5) is 0 Å². The molecule has 1 N–H and O–H groups in total. The Balaban J connectivity index is 1.85. The van der Waals surface area contributed by atoms with Gasteiger partial charge in [0.25, 0.3) is 0 Å². The number of aliphatic hydroxyl groups is 1. The summed E-state index contributed by atoms with van der Waals surface area (Å²) in [6, 6.07) is 0. The van der Waals surface area contributed by atoms with Crippen molar-refractivity contribution in [2.24, 2.45) is 0 Å². The molecule has 1 aliphatic heterocycles. The molecule has 1 saturated carbocycles. The topological polar surface area (TPSA) is 20.2 Å². The van der Waals surface area contributed by atoms with E-state index in [1.165, 1.54) is 19.3 Å². The van der Waals surface area contributed by atoms with Gasteiger partial charge in [0, 0.05) is 10.5 Å². The van der Waals surface area contributed by atoms with Gasteiger partial charge in [-0.25, -0.2) is 0 Å². The van der Waals surface area contributed by atoms with Crippen molar-refractivity contribution in [1.82, 2.24) is 0 Å². The lowest BCUT2D eigenvalue weighted by Gasteiger charge is -2.11. The van der Waals surface area contributed by atoms with Crippen LogP contribution in [-0.4, -0.2) is 21.7 Å². The van der Waals surface area contributed by atoms with Gasteiger partial charge in [0.1, 0.15) is 0 Å². The first-order valence-corrected chi connectivity index (χ1v) is 5.14. The maximum absolute atomic E-state index is 9.40. The summed E-state index contributed by atoms with van der Waals surface area (Å²) in [4.78, 5) is 0. The molecule has 3 atom stereocenters. The average molecular weight is 158 g/mol. The minimum Gasteiger partial charge on any atom is -0.393 e. The minimum absolute atomic E-state index is 0.0165. The van der Waals surface area contributed by atoms with Crippen molar-refractivity contribution < 1.29 is 5.11 Å². The van der Waals surface area contributed by atoms with E-state index in [1.807, 2.05) is 0 Å². The fraction of sp³-hybridized carbons (Fsp3) is 1.00. The Morgan fingerprint density at radius 2 is 1.90 bits per heavy atom. The molecule has 0 radical (unpaired) electrons. The minimum atomic E-state index is 0.0165. The lowest BCUT2D eigenvalue weighted by atomic mass is 9.99. The average Bonchev–Trinajstić information content (AvgIpc) is 2.54. The van der Waals surface area contributed by atoms with Crippen LogP contribution in [-0.2, 0) is 0 Å². The second kappa shape index (κ2) is 2.74. The third kappa shape index (κ3) is 1.48. The van der Waals surface area contributed by atoms with E-state index in [2.05, 4.69) is 11.8 Å². The predicted octanol–water partition coefficient (Wildman–Crippen LogP) is 1.80. The van der Waals surface area contributed by atoms with Crippen LogP contribution in [0.3, 0.4) is 0 Å². The molecule has 0 spiro atoms. The lowest BCUT2D eigenvalue weighted by molar-refractivity contribution is 0.148. The Labute approximate surface area is 66.2 Å². The van der Waals surface area contributed by atoms with Crippen molar-refractivity contribution in [2.45, 2.75) is 48.7 Å². The molecule has 1 saturated heterocycles. The molecule has 1 nitrogen and oxygen atoms in total. The second-order valence-electron chi connectivity index (χ2n) is 3.39. The van der Waals surface area contributed by atoms with E-state index < -0.39 is 0 Å². The van der Waals surface area contributed by atoms with Gasteiger partial charge in [0.15, 0.2) is 0 Å². The number of rotatable bonds is 0. The highest BCUT2D eigenvalue weighted by molar-refractivity contribution is 8.07. The zero-order chi connectivity index (χ0) is 6.97. The van der Waals surface area contributed by atoms with E-state index >= 15 is 0 Å². The maximum Gasteiger partial charge on any atom is 0.0551 e. The van der Waals surface area contributed by atoms with E-state index in [0.717, 1.165) is 23.3 Å². The quantitative estimate of drug-likeness (QED) is 0.542. The number of fused-ring (bicyclic) bond motifs is 1. The summed E-state index contributed by atoms with van der Waals surface area (Å²) in [7, 11) is 0. The summed E-state index contributed by atoms with van der Waals surface area (Å²) in [5.41, 5.74) is 0. The SMILES string of the molecule is O[C@@H]1CCCC[C@@H]2S[C@@H]2C1. The van der Waals surface area contributed by atoms with E-state index in [0.29, 0.717) is 0 Å². The Hall–Kier alpha value is 0.310. The van der Waals surface area contributed by atoms with Crippen molar-refractivity contribution in [3.05, 3.63) is 0 Å². The number of hydrogen-bond donors (Lipinski definition) is 1. The zero-order valence-electron chi connectivity index (χ0n) is 6.12. The van der Waals surface area contributed by atoms with Crippen molar-refractivity contribution in [1.29, 1.82) is 0 Å². The third-order valence-electron chi connectivity index (χ3n) is 2.47. The zero-order valence-corrected chi connectivity index (χ0v) is 6.94. The smallest absolute Gasteiger partial charge is 0.0551 e. The normalized spacial score (nSPS) is 47.1.